The molecular formula is C12H27N3O. The lowest BCUT2D eigenvalue weighted by molar-refractivity contribution is 0.161. The van der Waals surface area contributed by atoms with Crippen molar-refractivity contribution in [2.75, 3.05) is 53.5 Å². The Bertz CT molecular complexity index is 160. The highest BCUT2D eigenvalue weighted by atomic mass is 16.5. The van der Waals surface area contributed by atoms with E-state index in [1.165, 1.54) is 25.8 Å². The Morgan fingerprint density at radius 3 is 2.94 bits per heavy atom. The van der Waals surface area contributed by atoms with Gasteiger partial charge in [0.15, 0.2) is 0 Å². The van der Waals surface area contributed by atoms with Crippen molar-refractivity contribution < 1.29 is 4.74 Å². The number of piperidine rings is 1. The van der Waals surface area contributed by atoms with Crippen LogP contribution in [0.2, 0.25) is 0 Å². The molecule has 1 fully saturated rings. The fraction of sp³-hybridized carbons (Fsp3) is 1.00. The minimum Gasteiger partial charge on any atom is -0.383 e. The van der Waals surface area contributed by atoms with Crippen LogP contribution in [-0.2, 0) is 4.74 Å². The first-order chi connectivity index (χ1) is 7.83. The summed E-state index contributed by atoms with van der Waals surface area (Å²) < 4.78 is 5.04. The van der Waals surface area contributed by atoms with Gasteiger partial charge in [-0.15, -0.1) is 0 Å². The van der Waals surface area contributed by atoms with Gasteiger partial charge in [-0.2, -0.15) is 0 Å². The molecule has 2 N–H and O–H groups in total. The number of ether oxygens (including phenoxy) is 1. The van der Waals surface area contributed by atoms with Gasteiger partial charge < -0.3 is 20.3 Å². The molecule has 0 aromatic heterocycles. The fourth-order valence-electron chi connectivity index (χ4n) is 2.00. The number of hydrogen-bond donors (Lipinski definition) is 2. The third-order valence-electron chi connectivity index (χ3n) is 3.15. The number of hydrogen-bond acceptors (Lipinski definition) is 4. The standard InChI is InChI=1S/C12H27N3O/c1-15(9-10-16-2)8-7-13-11-12-5-3-4-6-14-12/h12-14H,3-11H2,1-2H3. The van der Waals surface area contributed by atoms with Crippen LogP contribution in [0.1, 0.15) is 19.3 Å². The summed E-state index contributed by atoms with van der Waals surface area (Å²) >= 11 is 0. The summed E-state index contributed by atoms with van der Waals surface area (Å²) in [6.45, 7) is 6.30. The largest absolute Gasteiger partial charge is 0.383 e. The molecule has 1 unspecified atom stereocenters. The van der Waals surface area contributed by atoms with E-state index < -0.39 is 0 Å². The summed E-state index contributed by atoms with van der Waals surface area (Å²) in [6, 6.07) is 0.693. The van der Waals surface area contributed by atoms with E-state index in [0.717, 1.165) is 32.8 Å². The van der Waals surface area contributed by atoms with E-state index in [1.54, 1.807) is 7.11 Å². The van der Waals surface area contributed by atoms with E-state index in [9.17, 15) is 0 Å². The summed E-state index contributed by atoms with van der Waals surface area (Å²) in [5, 5.41) is 7.06. The van der Waals surface area contributed by atoms with Crippen molar-refractivity contribution in [3.63, 3.8) is 0 Å². The van der Waals surface area contributed by atoms with Crippen molar-refractivity contribution in [2.45, 2.75) is 25.3 Å². The first-order valence-electron chi connectivity index (χ1n) is 6.44. The van der Waals surface area contributed by atoms with E-state index >= 15 is 0 Å². The van der Waals surface area contributed by atoms with Crippen molar-refractivity contribution in [2.24, 2.45) is 0 Å². The second-order valence-electron chi connectivity index (χ2n) is 4.65. The van der Waals surface area contributed by atoms with E-state index in [1.807, 2.05) is 0 Å². The van der Waals surface area contributed by atoms with Crippen LogP contribution in [0.4, 0.5) is 0 Å². The first kappa shape index (κ1) is 13.9. The minimum atomic E-state index is 0.693. The number of methoxy groups -OCH3 is 1. The quantitative estimate of drug-likeness (QED) is 0.587. The molecule has 0 spiro atoms. The van der Waals surface area contributed by atoms with Crippen LogP contribution < -0.4 is 10.6 Å². The molecule has 0 aromatic rings. The average molecular weight is 229 g/mol. The highest BCUT2D eigenvalue weighted by molar-refractivity contribution is 4.74. The lowest BCUT2D eigenvalue weighted by atomic mass is 10.1. The monoisotopic (exact) mass is 229 g/mol. The Balaban J connectivity index is 1.90. The van der Waals surface area contributed by atoms with Gasteiger partial charge in [-0.3, -0.25) is 0 Å². The molecule has 0 aromatic carbocycles. The fourth-order valence-corrected chi connectivity index (χ4v) is 2.00. The van der Waals surface area contributed by atoms with Crippen molar-refractivity contribution in [3.8, 4) is 0 Å². The molecule has 96 valence electrons. The van der Waals surface area contributed by atoms with Crippen LogP contribution in [0.15, 0.2) is 0 Å². The maximum absolute atomic E-state index is 5.04. The average Bonchev–Trinajstić information content (AvgIpc) is 2.33. The third-order valence-corrected chi connectivity index (χ3v) is 3.15. The molecule has 1 rings (SSSR count). The highest BCUT2D eigenvalue weighted by Crippen LogP contribution is 2.05. The highest BCUT2D eigenvalue weighted by Gasteiger charge is 2.11. The summed E-state index contributed by atoms with van der Waals surface area (Å²) in [5.41, 5.74) is 0. The maximum Gasteiger partial charge on any atom is 0.0589 e. The van der Waals surface area contributed by atoms with Crippen LogP contribution in [0.25, 0.3) is 0 Å². The molecule has 1 aliphatic rings. The molecule has 1 atom stereocenters. The van der Waals surface area contributed by atoms with Crippen LogP contribution in [0.3, 0.4) is 0 Å². The molecule has 1 heterocycles. The van der Waals surface area contributed by atoms with Crippen molar-refractivity contribution in [1.82, 2.24) is 15.5 Å². The normalized spacial score (nSPS) is 21.6. The lowest BCUT2D eigenvalue weighted by Gasteiger charge is -2.24. The maximum atomic E-state index is 5.04. The SMILES string of the molecule is COCCN(C)CCNCC1CCCCN1. The number of nitrogens with one attached hydrogen (secondary N) is 2. The van der Waals surface area contributed by atoms with Gasteiger partial charge in [-0.1, -0.05) is 6.42 Å². The minimum absolute atomic E-state index is 0.693. The molecule has 0 aliphatic carbocycles. The van der Waals surface area contributed by atoms with Crippen LogP contribution in [-0.4, -0.2) is 64.4 Å². The second kappa shape index (κ2) is 8.93. The second-order valence-corrected chi connectivity index (χ2v) is 4.65. The number of nitrogens with zero attached hydrogens (tertiary/aromatic N) is 1. The van der Waals surface area contributed by atoms with Gasteiger partial charge in [0.25, 0.3) is 0 Å². The Kier molecular flexibility index (Phi) is 7.76. The van der Waals surface area contributed by atoms with E-state index in [0.29, 0.717) is 6.04 Å². The molecular weight excluding hydrogens is 202 g/mol. The van der Waals surface area contributed by atoms with Crippen LogP contribution >= 0.6 is 0 Å². The zero-order valence-corrected chi connectivity index (χ0v) is 10.8. The summed E-state index contributed by atoms with van der Waals surface area (Å²) in [6.07, 6.45) is 4.05. The molecule has 1 saturated heterocycles. The van der Waals surface area contributed by atoms with Crippen molar-refractivity contribution in [1.29, 1.82) is 0 Å². The first-order valence-corrected chi connectivity index (χ1v) is 6.44. The van der Waals surface area contributed by atoms with Crippen LogP contribution in [0.5, 0.6) is 0 Å². The Hall–Kier alpha value is -0.160. The topological polar surface area (TPSA) is 36.5 Å². The molecule has 4 nitrogen and oxygen atoms in total. The van der Waals surface area contributed by atoms with Gasteiger partial charge >= 0.3 is 0 Å². The van der Waals surface area contributed by atoms with Gasteiger partial charge in [0, 0.05) is 39.3 Å². The zero-order chi connectivity index (χ0) is 11.6. The summed E-state index contributed by atoms with van der Waals surface area (Å²) in [7, 11) is 3.89. The lowest BCUT2D eigenvalue weighted by Crippen LogP contribution is -2.43. The zero-order valence-electron chi connectivity index (χ0n) is 10.8. The van der Waals surface area contributed by atoms with Gasteiger partial charge in [0.2, 0.25) is 0 Å². The molecule has 1 aliphatic heterocycles. The molecule has 0 saturated carbocycles. The van der Waals surface area contributed by atoms with E-state index in [-0.39, 0.29) is 0 Å². The van der Waals surface area contributed by atoms with Crippen molar-refractivity contribution in [3.05, 3.63) is 0 Å². The van der Waals surface area contributed by atoms with E-state index in [4.69, 9.17) is 4.74 Å². The Labute approximate surface area is 99.7 Å². The molecule has 0 radical (unpaired) electrons. The molecule has 4 heteroatoms. The molecule has 0 bridgehead atoms. The number of likely N-dealkylation sites (N-methyl/N-ethyl adjacent to an activating group) is 1. The van der Waals surface area contributed by atoms with E-state index in [2.05, 4.69) is 22.6 Å². The molecule has 0 amide bonds. The predicted molar refractivity (Wildman–Crippen MR) is 67.9 cm³/mol. The summed E-state index contributed by atoms with van der Waals surface area (Å²) in [5.74, 6) is 0. The van der Waals surface area contributed by atoms with Crippen molar-refractivity contribution >= 4 is 0 Å². The Morgan fingerprint density at radius 2 is 2.25 bits per heavy atom. The predicted octanol–water partition coefficient (Wildman–Crippen LogP) is 0.296. The summed E-state index contributed by atoms with van der Waals surface area (Å²) in [4.78, 5) is 2.30. The van der Waals surface area contributed by atoms with Gasteiger partial charge in [-0.25, -0.2) is 0 Å². The van der Waals surface area contributed by atoms with Crippen LogP contribution in [0, 0.1) is 0 Å². The third kappa shape index (κ3) is 6.43. The Morgan fingerprint density at radius 1 is 1.38 bits per heavy atom. The molecule has 16 heavy (non-hydrogen) atoms. The van der Waals surface area contributed by atoms with Gasteiger partial charge in [0.1, 0.15) is 0 Å². The van der Waals surface area contributed by atoms with Gasteiger partial charge in [0.05, 0.1) is 6.61 Å². The smallest absolute Gasteiger partial charge is 0.0589 e. The number of rotatable bonds is 8. The van der Waals surface area contributed by atoms with Gasteiger partial charge in [-0.05, 0) is 26.4 Å².